The average Bonchev–Trinajstić information content (AvgIpc) is 2.60. The summed E-state index contributed by atoms with van der Waals surface area (Å²) in [6.45, 7) is 4.12. The van der Waals surface area contributed by atoms with Crippen molar-refractivity contribution in [1.82, 2.24) is 15.6 Å². The lowest BCUT2D eigenvalue weighted by Gasteiger charge is -2.22. The molecule has 0 aliphatic rings. The molecule has 0 aliphatic heterocycles. The molecule has 1 heterocycles. The second kappa shape index (κ2) is 8.82. The summed E-state index contributed by atoms with van der Waals surface area (Å²) < 4.78 is 0. The number of carbonyl (C=O) groups is 2. The van der Waals surface area contributed by atoms with Crippen LogP contribution in [-0.2, 0) is 22.7 Å². The third-order valence-electron chi connectivity index (χ3n) is 3.76. The number of nitrogens with zero attached hydrogens (tertiary/aromatic N) is 2. The summed E-state index contributed by atoms with van der Waals surface area (Å²) in [4.78, 5) is 29.6. The molecule has 25 heavy (non-hydrogen) atoms. The normalized spacial score (nSPS) is 11.5. The molecule has 2 N–H and O–H groups in total. The van der Waals surface area contributed by atoms with E-state index in [1.807, 2.05) is 42.3 Å². The Kier molecular flexibility index (Phi) is 6.51. The average molecular weight is 340 g/mol. The molecule has 0 unspecified atom stereocenters. The standard InChI is InChI=1S/C19H24N4O2/c1-14(22-15(2)24)19(25)21-12-17-10-7-11-20-18(17)23(3)13-16-8-5-4-6-9-16/h4-11,14H,12-13H2,1-3H3,(H,21,25)(H,22,24)/t14-/m0/s1. The lowest BCUT2D eigenvalue weighted by Crippen LogP contribution is -2.43. The maximum Gasteiger partial charge on any atom is 0.242 e. The molecule has 0 fully saturated rings. The van der Waals surface area contributed by atoms with Crippen molar-refractivity contribution in [3.8, 4) is 0 Å². The molecule has 0 saturated heterocycles. The molecular weight excluding hydrogens is 316 g/mol. The van der Waals surface area contributed by atoms with Gasteiger partial charge in [0.05, 0.1) is 0 Å². The summed E-state index contributed by atoms with van der Waals surface area (Å²) in [6.07, 6.45) is 1.74. The number of hydrogen-bond donors (Lipinski definition) is 2. The molecule has 132 valence electrons. The number of pyridine rings is 1. The van der Waals surface area contributed by atoms with E-state index in [1.54, 1.807) is 13.1 Å². The van der Waals surface area contributed by atoms with Crippen molar-refractivity contribution in [3.05, 3.63) is 59.8 Å². The molecular formula is C19H24N4O2. The second-order valence-corrected chi connectivity index (χ2v) is 5.97. The van der Waals surface area contributed by atoms with Crippen LogP contribution in [0.4, 0.5) is 5.82 Å². The van der Waals surface area contributed by atoms with E-state index in [0.29, 0.717) is 6.54 Å². The predicted octanol–water partition coefficient (Wildman–Crippen LogP) is 1.86. The van der Waals surface area contributed by atoms with Crippen molar-refractivity contribution in [2.45, 2.75) is 33.0 Å². The van der Waals surface area contributed by atoms with Gasteiger partial charge >= 0.3 is 0 Å². The molecule has 1 atom stereocenters. The highest BCUT2D eigenvalue weighted by Gasteiger charge is 2.15. The number of rotatable bonds is 7. The van der Waals surface area contributed by atoms with Crippen molar-refractivity contribution in [2.24, 2.45) is 0 Å². The third-order valence-corrected chi connectivity index (χ3v) is 3.76. The number of hydrogen-bond acceptors (Lipinski definition) is 4. The van der Waals surface area contributed by atoms with Crippen molar-refractivity contribution >= 4 is 17.6 Å². The second-order valence-electron chi connectivity index (χ2n) is 5.97. The minimum atomic E-state index is -0.570. The van der Waals surface area contributed by atoms with Gasteiger partial charge in [0.1, 0.15) is 11.9 Å². The predicted molar refractivity (Wildman–Crippen MR) is 97.9 cm³/mol. The van der Waals surface area contributed by atoms with E-state index in [0.717, 1.165) is 17.9 Å². The molecule has 6 heteroatoms. The number of benzene rings is 1. The summed E-state index contributed by atoms with van der Waals surface area (Å²) in [6, 6.07) is 13.3. The molecule has 2 aromatic rings. The fourth-order valence-corrected chi connectivity index (χ4v) is 2.55. The molecule has 1 aromatic carbocycles. The Bertz CT molecular complexity index is 718. The summed E-state index contributed by atoms with van der Waals surface area (Å²) >= 11 is 0. The highest BCUT2D eigenvalue weighted by molar-refractivity contribution is 5.86. The van der Waals surface area contributed by atoms with E-state index in [4.69, 9.17) is 0 Å². The Balaban J connectivity index is 2.02. The highest BCUT2D eigenvalue weighted by Crippen LogP contribution is 2.18. The number of amides is 2. The molecule has 2 amide bonds. The third kappa shape index (κ3) is 5.60. The summed E-state index contributed by atoms with van der Waals surface area (Å²) in [5.74, 6) is 0.363. The van der Waals surface area contributed by atoms with E-state index in [-0.39, 0.29) is 11.8 Å². The van der Waals surface area contributed by atoms with Crippen LogP contribution in [0.1, 0.15) is 25.0 Å². The van der Waals surface area contributed by atoms with Crippen LogP contribution >= 0.6 is 0 Å². The van der Waals surface area contributed by atoms with Gasteiger partial charge in [0.15, 0.2) is 0 Å². The zero-order chi connectivity index (χ0) is 18.2. The van der Waals surface area contributed by atoms with Crippen LogP contribution < -0.4 is 15.5 Å². The largest absolute Gasteiger partial charge is 0.355 e. The van der Waals surface area contributed by atoms with Crippen LogP contribution in [0.25, 0.3) is 0 Å². The van der Waals surface area contributed by atoms with E-state index in [9.17, 15) is 9.59 Å². The van der Waals surface area contributed by atoms with Gasteiger partial charge < -0.3 is 15.5 Å². The Morgan fingerprint density at radius 1 is 1.16 bits per heavy atom. The fourth-order valence-electron chi connectivity index (χ4n) is 2.55. The van der Waals surface area contributed by atoms with Gasteiger partial charge in [-0.2, -0.15) is 0 Å². The van der Waals surface area contributed by atoms with Crippen molar-refractivity contribution in [2.75, 3.05) is 11.9 Å². The Hall–Kier alpha value is -2.89. The fraction of sp³-hybridized carbons (Fsp3) is 0.316. The first-order chi connectivity index (χ1) is 12.0. The number of anilines is 1. The minimum Gasteiger partial charge on any atom is -0.355 e. The maximum atomic E-state index is 12.1. The maximum absolute atomic E-state index is 12.1. The molecule has 0 spiro atoms. The quantitative estimate of drug-likeness (QED) is 0.807. The van der Waals surface area contributed by atoms with Crippen LogP contribution in [0.5, 0.6) is 0 Å². The first-order valence-corrected chi connectivity index (χ1v) is 8.21. The molecule has 0 aliphatic carbocycles. The van der Waals surface area contributed by atoms with Gasteiger partial charge in [0, 0.05) is 38.8 Å². The lowest BCUT2D eigenvalue weighted by atomic mass is 10.2. The van der Waals surface area contributed by atoms with Gasteiger partial charge in [-0.3, -0.25) is 9.59 Å². The SMILES string of the molecule is CC(=O)N[C@@H](C)C(=O)NCc1cccnc1N(C)Cc1ccccc1. The molecule has 1 aromatic heterocycles. The summed E-state index contributed by atoms with van der Waals surface area (Å²) in [5.41, 5.74) is 2.11. The van der Waals surface area contributed by atoms with Gasteiger partial charge in [-0.05, 0) is 18.6 Å². The van der Waals surface area contributed by atoms with Gasteiger partial charge in [0.2, 0.25) is 11.8 Å². The van der Waals surface area contributed by atoms with Crippen molar-refractivity contribution in [3.63, 3.8) is 0 Å². The highest BCUT2D eigenvalue weighted by atomic mass is 16.2. The Labute approximate surface area is 148 Å². The Morgan fingerprint density at radius 2 is 1.88 bits per heavy atom. The van der Waals surface area contributed by atoms with Crippen molar-refractivity contribution < 1.29 is 9.59 Å². The van der Waals surface area contributed by atoms with Gasteiger partial charge in [-0.15, -0.1) is 0 Å². The molecule has 6 nitrogen and oxygen atoms in total. The van der Waals surface area contributed by atoms with Gasteiger partial charge in [0.25, 0.3) is 0 Å². The lowest BCUT2D eigenvalue weighted by molar-refractivity contribution is -0.127. The van der Waals surface area contributed by atoms with Crippen LogP contribution in [-0.4, -0.2) is 29.9 Å². The van der Waals surface area contributed by atoms with E-state index in [1.165, 1.54) is 12.5 Å². The monoisotopic (exact) mass is 340 g/mol. The summed E-state index contributed by atoms with van der Waals surface area (Å²) in [7, 11) is 1.97. The van der Waals surface area contributed by atoms with Crippen LogP contribution in [0.15, 0.2) is 48.7 Å². The minimum absolute atomic E-state index is 0.226. The smallest absolute Gasteiger partial charge is 0.242 e. The zero-order valence-electron chi connectivity index (χ0n) is 14.8. The Morgan fingerprint density at radius 3 is 2.56 bits per heavy atom. The van der Waals surface area contributed by atoms with Crippen LogP contribution in [0.3, 0.4) is 0 Å². The topological polar surface area (TPSA) is 74.3 Å². The first-order valence-electron chi connectivity index (χ1n) is 8.21. The van der Waals surface area contributed by atoms with Crippen molar-refractivity contribution in [1.29, 1.82) is 0 Å². The number of carbonyl (C=O) groups excluding carboxylic acids is 2. The van der Waals surface area contributed by atoms with E-state index in [2.05, 4.69) is 27.8 Å². The van der Waals surface area contributed by atoms with E-state index >= 15 is 0 Å². The molecule has 0 bridgehead atoms. The summed E-state index contributed by atoms with van der Waals surface area (Å²) in [5, 5.41) is 5.41. The molecule has 0 saturated carbocycles. The zero-order valence-corrected chi connectivity index (χ0v) is 14.8. The van der Waals surface area contributed by atoms with E-state index < -0.39 is 6.04 Å². The number of nitrogens with one attached hydrogen (secondary N) is 2. The molecule has 2 rings (SSSR count). The van der Waals surface area contributed by atoms with Gasteiger partial charge in [-0.25, -0.2) is 4.98 Å². The van der Waals surface area contributed by atoms with Crippen LogP contribution in [0, 0.1) is 0 Å². The van der Waals surface area contributed by atoms with Crippen LogP contribution in [0.2, 0.25) is 0 Å². The van der Waals surface area contributed by atoms with Gasteiger partial charge in [-0.1, -0.05) is 36.4 Å². The molecule has 0 radical (unpaired) electrons. The first kappa shape index (κ1) is 18.4. The number of aromatic nitrogens is 1.